The number of carboxylic acid groups (broad SMARTS) is 1. The van der Waals surface area contributed by atoms with E-state index in [9.17, 15) is 23.1 Å². The average molecular weight is 545 g/mol. The molecule has 190 valence electrons. The zero-order chi connectivity index (χ0) is 26.6. The minimum absolute atomic E-state index is 0.0522. The van der Waals surface area contributed by atoms with Gasteiger partial charge in [0.1, 0.15) is 11.6 Å². The summed E-state index contributed by atoms with van der Waals surface area (Å²) < 4.78 is 45.0. The van der Waals surface area contributed by atoms with Crippen molar-refractivity contribution >= 4 is 41.0 Å². The molecule has 0 radical (unpaired) electrons. The van der Waals surface area contributed by atoms with Gasteiger partial charge in [-0.3, -0.25) is 0 Å². The molecular weight excluding hydrogens is 525 g/mol. The monoisotopic (exact) mass is 544 g/mol. The fourth-order valence-electron chi connectivity index (χ4n) is 3.62. The first kappa shape index (κ1) is 26.4. The predicted octanol–water partition coefficient (Wildman–Crippen LogP) is 8.54. The lowest BCUT2D eigenvalue weighted by Crippen LogP contribution is -2.25. The number of hydrogen-bond donors (Lipinski definition) is 1. The Morgan fingerprint density at radius 2 is 1.81 bits per heavy atom. The number of methoxy groups -OCH3 is 1. The van der Waals surface area contributed by atoms with E-state index in [4.69, 9.17) is 16.3 Å². The lowest BCUT2D eigenvalue weighted by molar-refractivity contribution is -0.137. The third kappa shape index (κ3) is 6.18. The minimum atomic E-state index is -4.52. The van der Waals surface area contributed by atoms with Gasteiger partial charge in [0.2, 0.25) is 0 Å². The van der Waals surface area contributed by atoms with Crippen LogP contribution >= 0.6 is 23.4 Å². The predicted molar refractivity (Wildman–Crippen MR) is 139 cm³/mol. The third-order valence-electron chi connectivity index (χ3n) is 5.40. The zero-order valence-electron chi connectivity index (χ0n) is 19.4. The van der Waals surface area contributed by atoms with E-state index < -0.39 is 17.8 Å². The van der Waals surface area contributed by atoms with Crippen molar-refractivity contribution in [1.82, 2.24) is 4.98 Å². The molecule has 0 fully saturated rings. The van der Waals surface area contributed by atoms with Crippen molar-refractivity contribution in [2.24, 2.45) is 0 Å². The Morgan fingerprint density at radius 3 is 2.43 bits per heavy atom. The molecule has 3 aromatic carbocycles. The summed E-state index contributed by atoms with van der Waals surface area (Å²) in [7, 11) is 1.33. The molecule has 5 nitrogen and oxygen atoms in total. The number of nitrogens with zero attached hydrogens (tertiary/aromatic N) is 2. The molecule has 0 saturated heterocycles. The lowest BCUT2D eigenvalue weighted by Gasteiger charge is -2.22. The van der Waals surface area contributed by atoms with E-state index in [-0.39, 0.29) is 33.4 Å². The maximum Gasteiger partial charge on any atom is 0.417 e. The van der Waals surface area contributed by atoms with Crippen LogP contribution in [0.4, 0.5) is 29.5 Å². The van der Waals surface area contributed by atoms with E-state index in [0.29, 0.717) is 0 Å². The summed E-state index contributed by atoms with van der Waals surface area (Å²) in [6.07, 6.45) is -4.29. The van der Waals surface area contributed by atoms with E-state index >= 15 is 0 Å². The van der Waals surface area contributed by atoms with Gasteiger partial charge < -0.3 is 9.84 Å². The number of carbonyl (C=O) groups is 1. The first-order chi connectivity index (χ1) is 17.7. The smallest absolute Gasteiger partial charge is 0.417 e. The van der Waals surface area contributed by atoms with Crippen molar-refractivity contribution in [3.05, 3.63) is 101 Å². The molecule has 37 heavy (non-hydrogen) atoms. The lowest BCUT2D eigenvalue weighted by atomic mass is 10.0. The average Bonchev–Trinajstić information content (AvgIpc) is 2.88. The van der Waals surface area contributed by atoms with Crippen molar-refractivity contribution in [2.45, 2.75) is 16.8 Å². The molecule has 4 rings (SSSR count). The van der Waals surface area contributed by atoms with Crippen molar-refractivity contribution in [1.29, 1.82) is 0 Å². The number of aromatic nitrogens is 1. The van der Waals surface area contributed by atoms with Crippen LogP contribution in [0, 0.1) is 0 Å². The molecule has 0 spiro atoms. The molecule has 1 aromatic heterocycles. The van der Waals surface area contributed by atoms with E-state index in [2.05, 4.69) is 4.98 Å². The molecule has 0 aliphatic carbocycles. The van der Waals surface area contributed by atoms with Crippen LogP contribution in [0.3, 0.4) is 0 Å². The summed E-state index contributed by atoms with van der Waals surface area (Å²) in [4.78, 5) is 18.3. The number of anilines is 2. The Bertz CT molecular complexity index is 1400. The summed E-state index contributed by atoms with van der Waals surface area (Å²) in [5.74, 6) is 0.937. The van der Waals surface area contributed by atoms with E-state index in [1.54, 1.807) is 30.1 Å². The fourth-order valence-corrected chi connectivity index (χ4v) is 4.71. The van der Waals surface area contributed by atoms with Crippen LogP contribution < -0.4 is 9.64 Å². The Morgan fingerprint density at radius 1 is 1.05 bits per heavy atom. The van der Waals surface area contributed by atoms with Crippen LogP contribution in [0.25, 0.3) is 11.1 Å². The number of benzene rings is 3. The standard InChI is InChI=1S/C27H20ClF3N2O3S/c1-36-24-13-21(18-8-5-9-19(12-18)27(29,30)31)22(28)14-23(24)33(26(34)35)25-11-10-20(15-32-25)37-16-17-6-3-2-4-7-17/h2-15H,16H2,1H3,(H,34,35). The van der Waals surface area contributed by atoms with Gasteiger partial charge in [0, 0.05) is 22.4 Å². The number of halogens is 4. The van der Waals surface area contributed by atoms with Crippen LogP contribution in [0.2, 0.25) is 5.02 Å². The summed E-state index contributed by atoms with van der Waals surface area (Å²) >= 11 is 8.00. The van der Waals surface area contributed by atoms with Crippen LogP contribution in [0.15, 0.2) is 90.0 Å². The minimum Gasteiger partial charge on any atom is -0.495 e. The van der Waals surface area contributed by atoms with Crippen LogP contribution in [0.5, 0.6) is 5.75 Å². The van der Waals surface area contributed by atoms with Gasteiger partial charge >= 0.3 is 12.3 Å². The highest BCUT2D eigenvalue weighted by Gasteiger charge is 2.31. The SMILES string of the molecule is COc1cc(-c2cccc(C(F)(F)F)c2)c(Cl)cc1N(C(=O)O)c1ccc(SCc2ccccc2)cn1. The first-order valence-corrected chi connectivity index (χ1v) is 12.2. The largest absolute Gasteiger partial charge is 0.495 e. The number of hydrogen-bond acceptors (Lipinski definition) is 4. The topological polar surface area (TPSA) is 62.7 Å². The molecule has 0 atom stereocenters. The second-order valence-corrected chi connectivity index (χ2v) is 9.28. The Kier molecular flexibility index (Phi) is 7.94. The van der Waals surface area contributed by atoms with Crippen molar-refractivity contribution < 1.29 is 27.8 Å². The first-order valence-electron chi connectivity index (χ1n) is 10.9. The summed E-state index contributed by atoms with van der Waals surface area (Å²) in [5, 5.41) is 10.0. The number of pyridine rings is 1. The Hall–Kier alpha value is -3.69. The normalized spacial score (nSPS) is 11.3. The van der Waals surface area contributed by atoms with Gasteiger partial charge in [-0.1, -0.05) is 54.1 Å². The van der Waals surface area contributed by atoms with Crippen molar-refractivity contribution in [2.75, 3.05) is 12.0 Å². The van der Waals surface area contributed by atoms with Gasteiger partial charge in [-0.05, 0) is 47.5 Å². The Balaban J connectivity index is 1.65. The molecule has 0 aliphatic heterocycles. The number of ether oxygens (including phenoxy) is 1. The number of alkyl halides is 3. The maximum absolute atomic E-state index is 13.2. The molecule has 0 aliphatic rings. The van der Waals surface area contributed by atoms with Crippen molar-refractivity contribution in [3.8, 4) is 16.9 Å². The summed E-state index contributed by atoms with van der Waals surface area (Å²) in [6.45, 7) is 0. The zero-order valence-corrected chi connectivity index (χ0v) is 20.9. The molecule has 1 N–H and O–H groups in total. The van der Waals surface area contributed by atoms with Gasteiger partial charge in [-0.25, -0.2) is 14.7 Å². The Labute approximate surface area is 220 Å². The molecule has 4 aromatic rings. The van der Waals surface area contributed by atoms with Crippen LogP contribution in [-0.2, 0) is 11.9 Å². The number of amides is 1. The van der Waals surface area contributed by atoms with Gasteiger partial charge in [0.05, 0.1) is 23.4 Å². The highest BCUT2D eigenvalue weighted by atomic mass is 35.5. The fraction of sp³-hybridized carbons (Fsp3) is 0.111. The molecule has 10 heteroatoms. The van der Waals surface area contributed by atoms with Gasteiger partial charge in [-0.15, -0.1) is 11.8 Å². The van der Waals surface area contributed by atoms with Gasteiger partial charge in [0.25, 0.3) is 0 Å². The molecule has 0 saturated carbocycles. The second-order valence-electron chi connectivity index (χ2n) is 7.83. The second kappa shape index (κ2) is 11.1. The molecular formula is C27H20ClF3N2O3S. The summed E-state index contributed by atoms with van der Waals surface area (Å²) in [5.41, 5.74) is 0.867. The van der Waals surface area contributed by atoms with Crippen molar-refractivity contribution in [3.63, 3.8) is 0 Å². The van der Waals surface area contributed by atoms with Gasteiger partial charge in [0.15, 0.2) is 0 Å². The molecule has 1 amide bonds. The van der Waals surface area contributed by atoms with E-state index in [0.717, 1.165) is 33.2 Å². The number of rotatable bonds is 7. The van der Waals surface area contributed by atoms with E-state index in [1.165, 1.54) is 31.4 Å². The molecule has 0 unspecified atom stereocenters. The van der Waals surface area contributed by atoms with Gasteiger partial charge in [-0.2, -0.15) is 13.2 Å². The van der Waals surface area contributed by atoms with Crippen LogP contribution in [0.1, 0.15) is 11.1 Å². The quantitative estimate of drug-likeness (QED) is 0.236. The molecule has 1 heterocycles. The third-order valence-corrected chi connectivity index (χ3v) is 6.76. The van der Waals surface area contributed by atoms with E-state index in [1.807, 2.05) is 30.3 Å². The summed E-state index contributed by atoms with van der Waals surface area (Å²) in [6, 6.07) is 20.7. The number of thioether (sulfide) groups is 1. The van der Waals surface area contributed by atoms with Crippen LogP contribution in [-0.4, -0.2) is 23.3 Å². The molecule has 0 bridgehead atoms. The highest BCUT2D eigenvalue weighted by Crippen LogP contribution is 2.42. The maximum atomic E-state index is 13.2. The highest BCUT2D eigenvalue weighted by molar-refractivity contribution is 7.98.